The lowest BCUT2D eigenvalue weighted by atomic mass is 9.96. The van der Waals surface area contributed by atoms with Crippen LogP contribution in [0.5, 0.6) is 11.5 Å². The van der Waals surface area contributed by atoms with E-state index in [0.29, 0.717) is 23.5 Å². The predicted octanol–water partition coefficient (Wildman–Crippen LogP) is 2.57. The maximum atomic E-state index is 11.6. The van der Waals surface area contributed by atoms with Gasteiger partial charge in [-0.15, -0.1) is 0 Å². The Labute approximate surface area is 128 Å². The summed E-state index contributed by atoms with van der Waals surface area (Å²) in [5.74, 6) is -0.481. The summed E-state index contributed by atoms with van der Waals surface area (Å²) in [6, 6.07) is 0. The number of benzene rings is 1. The second kappa shape index (κ2) is 6.37. The van der Waals surface area contributed by atoms with Crippen LogP contribution in [-0.4, -0.2) is 29.9 Å². The van der Waals surface area contributed by atoms with Crippen LogP contribution in [0.2, 0.25) is 0 Å². The van der Waals surface area contributed by atoms with Crippen LogP contribution in [0.1, 0.15) is 47.2 Å². The van der Waals surface area contributed by atoms with E-state index in [2.05, 4.69) is 0 Å². The molecular weight excluding hydrogens is 288 g/mol. The lowest BCUT2D eigenvalue weighted by Gasteiger charge is -2.19. The topological polar surface area (TPSA) is 85.2 Å². The number of carboxylic acids is 1. The molecule has 1 aliphatic heterocycles. The van der Waals surface area contributed by atoms with Gasteiger partial charge in [0, 0.05) is 16.7 Å². The Balaban J connectivity index is 2.60. The van der Waals surface area contributed by atoms with Gasteiger partial charge in [-0.05, 0) is 26.8 Å². The molecule has 0 saturated carbocycles. The molecule has 0 bridgehead atoms. The molecular formula is C16H20O6. The van der Waals surface area contributed by atoms with Crippen LogP contribution in [-0.2, 0) is 11.3 Å². The Bertz CT molecular complexity index is 628. The van der Waals surface area contributed by atoms with Crippen LogP contribution >= 0.6 is 0 Å². The predicted molar refractivity (Wildman–Crippen MR) is 79.4 cm³/mol. The highest BCUT2D eigenvalue weighted by Gasteiger charge is 2.35. The van der Waals surface area contributed by atoms with Crippen molar-refractivity contribution in [1.82, 2.24) is 0 Å². The molecule has 0 aliphatic carbocycles. The Morgan fingerprint density at radius 3 is 2.64 bits per heavy atom. The van der Waals surface area contributed by atoms with E-state index in [1.54, 1.807) is 6.92 Å². The molecule has 2 N–H and O–H groups in total. The summed E-state index contributed by atoms with van der Waals surface area (Å²) >= 11 is 0. The van der Waals surface area contributed by atoms with Gasteiger partial charge in [-0.2, -0.15) is 0 Å². The maximum absolute atomic E-state index is 11.6. The van der Waals surface area contributed by atoms with Gasteiger partial charge < -0.3 is 24.4 Å². The summed E-state index contributed by atoms with van der Waals surface area (Å²) in [5.41, 5.74) is 2.39. The molecule has 1 aromatic rings. The van der Waals surface area contributed by atoms with Crippen molar-refractivity contribution in [2.75, 3.05) is 13.7 Å². The summed E-state index contributed by atoms with van der Waals surface area (Å²) in [4.78, 5) is 11.6. The zero-order valence-electron chi connectivity index (χ0n) is 13.1. The van der Waals surface area contributed by atoms with Crippen molar-refractivity contribution in [1.29, 1.82) is 0 Å². The first kappa shape index (κ1) is 16.3. The summed E-state index contributed by atoms with van der Waals surface area (Å²) < 4.78 is 16.2. The van der Waals surface area contributed by atoms with Gasteiger partial charge in [0.15, 0.2) is 6.29 Å². The third-order valence-corrected chi connectivity index (χ3v) is 3.55. The van der Waals surface area contributed by atoms with Gasteiger partial charge >= 0.3 is 5.97 Å². The molecule has 120 valence electrons. The van der Waals surface area contributed by atoms with Crippen molar-refractivity contribution in [3.63, 3.8) is 0 Å². The first-order valence-corrected chi connectivity index (χ1v) is 6.90. The van der Waals surface area contributed by atoms with E-state index in [4.69, 9.17) is 14.2 Å². The summed E-state index contributed by atoms with van der Waals surface area (Å²) in [7, 11) is 1.39. The van der Waals surface area contributed by atoms with Crippen molar-refractivity contribution >= 4 is 5.97 Å². The number of hydrogen-bond donors (Lipinski definition) is 2. The van der Waals surface area contributed by atoms with Crippen LogP contribution < -0.4 is 9.47 Å². The highest BCUT2D eigenvalue weighted by atomic mass is 16.6. The highest BCUT2D eigenvalue weighted by Crippen LogP contribution is 2.45. The van der Waals surface area contributed by atoms with E-state index in [9.17, 15) is 15.0 Å². The number of rotatable bonds is 5. The third kappa shape index (κ3) is 2.80. The fraction of sp³-hybridized carbons (Fsp3) is 0.438. The number of allylic oxidation sites excluding steroid dienone is 1. The number of carboxylic acid groups (broad SMARTS) is 1. The molecule has 1 aromatic carbocycles. The van der Waals surface area contributed by atoms with Crippen molar-refractivity contribution < 1.29 is 29.2 Å². The van der Waals surface area contributed by atoms with Crippen LogP contribution in [0, 0.1) is 6.92 Å². The van der Waals surface area contributed by atoms with E-state index >= 15 is 0 Å². The molecule has 0 radical (unpaired) electrons. The Hall–Kier alpha value is -2.05. The number of aliphatic hydroxyl groups excluding tert-OH is 1. The highest BCUT2D eigenvalue weighted by molar-refractivity contribution is 5.95. The number of fused-ring (bicyclic) bond motifs is 1. The number of aromatic carboxylic acids is 1. The normalized spacial score (nSPS) is 16.1. The monoisotopic (exact) mass is 308 g/mol. The molecule has 0 fully saturated rings. The quantitative estimate of drug-likeness (QED) is 0.813. The minimum absolute atomic E-state index is 0.0745. The number of carbonyl (C=O) groups is 1. The van der Waals surface area contributed by atoms with E-state index in [1.165, 1.54) is 7.11 Å². The SMILES string of the molecule is COc1c(C)c(OCC=C(C)C)c2c(c1C(=O)O)[C@H](O)OC2. The van der Waals surface area contributed by atoms with E-state index in [1.807, 2.05) is 19.9 Å². The molecule has 6 heteroatoms. The lowest BCUT2D eigenvalue weighted by molar-refractivity contribution is -0.0923. The van der Waals surface area contributed by atoms with Gasteiger partial charge in [0.25, 0.3) is 0 Å². The van der Waals surface area contributed by atoms with Crippen LogP contribution in [0.25, 0.3) is 0 Å². The van der Waals surface area contributed by atoms with Crippen LogP contribution in [0.15, 0.2) is 11.6 Å². The molecule has 0 saturated heterocycles. The summed E-state index contributed by atoms with van der Waals surface area (Å²) in [5, 5.41) is 19.4. The van der Waals surface area contributed by atoms with E-state index in [-0.39, 0.29) is 23.5 Å². The number of methoxy groups -OCH3 is 1. The smallest absolute Gasteiger partial charge is 0.339 e. The summed E-state index contributed by atoms with van der Waals surface area (Å²) in [6.45, 7) is 6.10. The molecule has 0 unspecified atom stereocenters. The average molecular weight is 308 g/mol. The first-order valence-electron chi connectivity index (χ1n) is 6.90. The summed E-state index contributed by atoms with van der Waals surface area (Å²) in [6.07, 6.45) is 0.622. The largest absolute Gasteiger partial charge is 0.495 e. The van der Waals surface area contributed by atoms with Crippen molar-refractivity contribution in [2.45, 2.75) is 33.7 Å². The van der Waals surface area contributed by atoms with Gasteiger partial charge in [0.2, 0.25) is 0 Å². The second-order valence-electron chi connectivity index (χ2n) is 5.32. The van der Waals surface area contributed by atoms with E-state index in [0.717, 1.165) is 5.57 Å². The molecule has 1 atom stereocenters. The molecule has 0 spiro atoms. The van der Waals surface area contributed by atoms with Gasteiger partial charge in [0.05, 0.1) is 13.7 Å². The van der Waals surface area contributed by atoms with Gasteiger partial charge in [-0.1, -0.05) is 5.57 Å². The minimum Gasteiger partial charge on any atom is -0.495 e. The molecule has 1 aliphatic rings. The van der Waals surface area contributed by atoms with Crippen LogP contribution in [0.3, 0.4) is 0 Å². The lowest BCUT2D eigenvalue weighted by Crippen LogP contribution is -2.12. The molecule has 0 amide bonds. The van der Waals surface area contributed by atoms with E-state index < -0.39 is 12.3 Å². The van der Waals surface area contributed by atoms with Gasteiger partial charge in [-0.25, -0.2) is 4.79 Å². The zero-order valence-corrected chi connectivity index (χ0v) is 13.1. The second-order valence-corrected chi connectivity index (χ2v) is 5.32. The first-order chi connectivity index (χ1) is 10.4. The third-order valence-electron chi connectivity index (χ3n) is 3.55. The molecule has 1 heterocycles. The number of hydrogen-bond acceptors (Lipinski definition) is 5. The fourth-order valence-electron chi connectivity index (χ4n) is 2.53. The van der Waals surface area contributed by atoms with Crippen LogP contribution in [0.4, 0.5) is 0 Å². The van der Waals surface area contributed by atoms with Crippen molar-refractivity contribution in [2.24, 2.45) is 0 Å². The average Bonchev–Trinajstić information content (AvgIpc) is 2.81. The molecule has 22 heavy (non-hydrogen) atoms. The fourth-order valence-corrected chi connectivity index (χ4v) is 2.53. The molecule has 0 aromatic heterocycles. The Morgan fingerprint density at radius 1 is 1.41 bits per heavy atom. The van der Waals surface area contributed by atoms with Gasteiger partial charge in [-0.3, -0.25) is 0 Å². The minimum atomic E-state index is -1.29. The standard InChI is InChI=1S/C16H20O6/c1-8(2)5-6-21-13-9(3)14(20-4)12(15(17)18)11-10(13)7-22-16(11)19/h5,16,19H,6-7H2,1-4H3,(H,17,18)/t16-/m1/s1. The number of aliphatic hydroxyl groups is 1. The molecule has 2 rings (SSSR count). The van der Waals surface area contributed by atoms with Gasteiger partial charge in [0.1, 0.15) is 23.7 Å². The van der Waals surface area contributed by atoms with Crippen molar-refractivity contribution in [3.05, 3.63) is 33.9 Å². The zero-order chi connectivity index (χ0) is 16.4. The van der Waals surface area contributed by atoms with Crippen molar-refractivity contribution in [3.8, 4) is 11.5 Å². The molecule has 6 nitrogen and oxygen atoms in total. The maximum Gasteiger partial charge on any atom is 0.339 e. The Morgan fingerprint density at radius 2 is 2.09 bits per heavy atom. The number of ether oxygens (including phenoxy) is 3. The Kier molecular flexibility index (Phi) is 4.73.